The summed E-state index contributed by atoms with van der Waals surface area (Å²) in [5.41, 5.74) is 0.259. The van der Waals surface area contributed by atoms with E-state index in [1.165, 1.54) is 12.1 Å². The van der Waals surface area contributed by atoms with Crippen LogP contribution in [0.2, 0.25) is 5.02 Å². The van der Waals surface area contributed by atoms with Crippen LogP contribution in [0, 0.1) is 0 Å². The SMILES string of the molecule is O=C(NCCCCCBr)c1ccc(Cl)cc1O. The summed E-state index contributed by atoms with van der Waals surface area (Å²) in [5, 5.41) is 13.7. The van der Waals surface area contributed by atoms with Gasteiger partial charge in [-0.05, 0) is 31.0 Å². The number of carbonyl (C=O) groups is 1. The van der Waals surface area contributed by atoms with Crippen molar-refractivity contribution in [3.05, 3.63) is 28.8 Å². The lowest BCUT2D eigenvalue weighted by Gasteiger charge is -2.06. The molecular formula is C12H15BrClNO2. The molecule has 0 aromatic heterocycles. The molecule has 0 aliphatic rings. The Morgan fingerprint density at radius 1 is 1.35 bits per heavy atom. The van der Waals surface area contributed by atoms with E-state index >= 15 is 0 Å². The van der Waals surface area contributed by atoms with E-state index in [0.29, 0.717) is 11.6 Å². The maximum Gasteiger partial charge on any atom is 0.255 e. The summed E-state index contributed by atoms with van der Waals surface area (Å²) in [6.45, 7) is 0.619. The second-order valence-electron chi connectivity index (χ2n) is 3.67. The molecule has 0 heterocycles. The molecule has 94 valence electrons. The van der Waals surface area contributed by atoms with Crippen molar-refractivity contribution in [2.45, 2.75) is 19.3 Å². The van der Waals surface area contributed by atoms with Gasteiger partial charge in [0.05, 0.1) is 5.56 Å². The first-order chi connectivity index (χ1) is 8.15. The van der Waals surface area contributed by atoms with Crippen molar-refractivity contribution in [3.63, 3.8) is 0 Å². The lowest BCUT2D eigenvalue weighted by Crippen LogP contribution is -2.24. The number of benzene rings is 1. The maximum atomic E-state index is 11.7. The number of halogens is 2. The van der Waals surface area contributed by atoms with E-state index in [2.05, 4.69) is 21.2 Å². The van der Waals surface area contributed by atoms with Gasteiger partial charge in [-0.1, -0.05) is 34.0 Å². The number of aromatic hydroxyl groups is 1. The fraction of sp³-hybridized carbons (Fsp3) is 0.417. The Hall–Kier alpha value is -0.740. The largest absolute Gasteiger partial charge is 0.507 e. The third kappa shape index (κ3) is 4.96. The van der Waals surface area contributed by atoms with Crippen LogP contribution in [-0.4, -0.2) is 22.9 Å². The van der Waals surface area contributed by atoms with Crippen LogP contribution in [0.5, 0.6) is 5.75 Å². The predicted molar refractivity (Wildman–Crippen MR) is 73.1 cm³/mol. The van der Waals surface area contributed by atoms with Crippen molar-refractivity contribution < 1.29 is 9.90 Å². The molecule has 0 unspecified atom stereocenters. The van der Waals surface area contributed by atoms with Gasteiger partial charge in [-0.2, -0.15) is 0 Å². The molecule has 0 fully saturated rings. The minimum Gasteiger partial charge on any atom is -0.507 e. The third-order valence-electron chi connectivity index (χ3n) is 2.30. The van der Waals surface area contributed by atoms with E-state index in [1.807, 2.05) is 0 Å². The summed E-state index contributed by atoms with van der Waals surface area (Å²) < 4.78 is 0. The van der Waals surface area contributed by atoms with E-state index in [1.54, 1.807) is 6.07 Å². The molecule has 1 amide bonds. The van der Waals surface area contributed by atoms with Gasteiger partial charge in [0.2, 0.25) is 0 Å². The highest BCUT2D eigenvalue weighted by molar-refractivity contribution is 9.09. The van der Waals surface area contributed by atoms with Crippen molar-refractivity contribution in [3.8, 4) is 5.75 Å². The second-order valence-corrected chi connectivity index (χ2v) is 4.90. The number of amides is 1. The Balaban J connectivity index is 2.42. The molecule has 0 atom stereocenters. The molecule has 0 aliphatic carbocycles. The molecule has 1 aromatic rings. The van der Waals surface area contributed by atoms with Crippen LogP contribution in [0.3, 0.4) is 0 Å². The van der Waals surface area contributed by atoms with Crippen LogP contribution >= 0.6 is 27.5 Å². The van der Waals surface area contributed by atoms with E-state index in [9.17, 15) is 9.90 Å². The number of carbonyl (C=O) groups excluding carboxylic acids is 1. The lowest BCUT2D eigenvalue weighted by atomic mass is 10.2. The van der Waals surface area contributed by atoms with Gasteiger partial charge < -0.3 is 10.4 Å². The zero-order chi connectivity index (χ0) is 12.7. The molecule has 3 nitrogen and oxygen atoms in total. The highest BCUT2D eigenvalue weighted by Gasteiger charge is 2.10. The standard InChI is InChI=1S/C12H15BrClNO2/c13-6-2-1-3-7-15-12(17)10-5-4-9(14)8-11(10)16/h4-5,8,16H,1-3,6-7H2,(H,15,17). The molecule has 1 rings (SSSR count). The number of phenols is 1. The van der Waals surface area contributed by atoms with Crippen LogP contribution in [0.15, 0.2) is 18.2 Å². The highest BCUT2D eigenvalue weighted by atomic mass is 79.9. The van der Waals surface area contributed by atoms with Crippen molar-refractivity contribution >= 4 is 33.4 Å². The Kier molecular flexibility index (Phi) is 6.37. The molecule has 17 heavy (non-hydrogen) atoms. The molecule has 0 aliphatic heterocycles. The third-order valence-corrected chi connectivity index (χ3v) is 3.10. The molecule has 0 saturated heterocycles. The number of hydrogen-bond donors (Lipinski definition) is 2. The average molecular weight is 321 g/mol. The first-order valence-electron chi connectivity index (χ1n) is 5.48. The minimum atomic E-state index is -0.266. The van der Waals surface area contributed by atoms with Gasteiger partial charge in [0.15, 0.2) is 0 Å². The van der Waals surface area contributed by atoms with E-state index in [4.69, 9.17) is 11.6 Å². The number of phenolic OH excluding ortho intramolecular Hbond substituents is 1. The summed E-state index contributed by atoms with van der Waals surface area (Å²) >= 11 is 9.04. The van der Waals surface area contributed by atoms with Gasteiger partial charge in [0.25, 0.3) is 5.91 Å². The first kappa shape index (κ1) is 14.3. The molecule has 0 bridgehead atoms. The number of hydrogen-bond acceptors (Lipinski definition) is 2. The number of nitrogens with one attached hydrogen (secondary N) is 1. The number of rotatable bonds is 6. The van der Waals surface area contributed by atoms with Crippen molar-refractivity contribution in [1.82, 2.24) is 5.32 Å². The molecular weight excluding hydrogens is 305 g/mol. The van der Waals surface area contributed by atoms with Crippen molar-refractivity contribution in [2.24, 2.45) is 0 Å². The maximum absolute atomic E-state index is 11.7. The summed E-state index contributed by atoms with van der Waals surface area (Å²) in [6, 6.07) is 4.47. The molecule has 0 radical (unpaired) electrons. The topological polar surface area (TPSA) is 49.3 Å². The van der Waals surface area contributed by atoms with Gasteiger partial charge in [0, 0.05) is 16.9 Å². The van der Waals surface area contributed by atoms with Crippen LogP contribution < -0.4 is 5.32 Å². The normalized spacial score (nSPS) is 10.2. The van der Waals surface area contributed by atoms with E-state index < -0.39 is 0 Å². The number of unbranched alkanes of at least 4 members (excludes halogenated alkanes) is 2. The Labute approximate surface area is 114 Å². The second kappa shape index (κ2) is 7.56. The monoisotopic (exact) mass is 319 g/mol. The van der Waals surface area contributed by atoms with Crippen LogP contribution in [0.4, 0.5) is 0 Å². The van der Waals surface area contributed by atoms with E-state index in [-0.39, 0.29) is 17.2 Å². The minimum absolute atomic E-state index is 0.0875. The van der Waals surface area contributed by atoms with Gasteiger partial charge in [-0.25, -0.2) is 0 Å². The van der Waals surface area contributed by atoms with Crippen LogP contribution in [0.25, 0.3) is 0 Å². The van der Waals surface area contributed by atoms with Gasteiger partial charge in [0.1, 0.15) is 5.75 Å². The van der Waals surface area contributed by atoms with Crippen molar-refractivity contribution in [2.75, 3.05) is 11.9 Å². The van der Waals surface area contributed by atoms with E-state index in [0.717, 1.165) is 24.6 Å². The predicted octanol–water partition coefficient (Wildman–Crippen LogP) is 3.34. The fourth-order valence-corrected chi connectivity index (χ4v) is 1.95. The summed E-state index contributed by atoms with van der Waals surface area (Å²) in [7, 11) is 0. The summed E-state index contributed by atoms with van der Waals surface area (Å²) in [4.78, 5) is 11.7. The smallest absolute Gasteiger partial charge is 0.255 e. The van der Waals surface area contributed by atoms with Gasteiger partial charge in [-0.3, -0.25) is 4.79 Å². The Morgan fingerprint density at radius 3 is 2.76 bits per heavy atom. The van der Waals surface area contributed by atoms with Gasteiger partial charge in [-0.15, -0.1) is 0 Å². The van der Waals surface area contributed by atoms with Crippen LogP contribution in [0.1, 0.15) is 29.6 Å². The molecule has 5 heteroatoms. The quantitative estimate of drug-likeness (QED) is 0.624. The summed E-state index contributed by atoms with van der Waals surface area (Å²) in [6.07, 6.45) is 3.10. The Bertz CT molecular complexity index is 385. The van der Waals surface area contributed by atoms with Crippen molar-refractivity contribution in [1.29, 1.82) is 0 Å². The van der Waals surface area contributed by atoms with Gasteiger partial charge >= 0.3 is 0 Å². The molecule has 2 N–H and O–H groups in total. The summed E-state index contributed by atoms with van der Waals surface area (Å²) in [5.74, 6) is -0.353. The fourth-order valence-electron chi connectivity index (χ4n) is 1.39. The molecule has 1 aromatic carbocycles. The highest BCUT2D eigenvalue weighted by Crippen LogP contribution is 2.21. The Morgan fingerprint density at radius 2 is 2.12 bits per heavy atom. The zero-order valence-corrected chi connectivity index (χ0v) is 11.7. The molecule has 0 spiro atoms. The first-order valence-corrected chi connectivity index (χ1v) is 6.97. The zero-order valence-electron chi connectivity index (χ0n) is 9.38. The number of alkyl halides is 1. The molecule has 0 saturated carbocycles. The average Bonchev–Trinajstić information content (AvgIpc) is 2.28. The van der Waals surface area contributed by atoms with Crippen LogP contribution in [-0.2, 0) is 0 Å². The lowest BCUT2D eigenvalue weighted by molar-refractivity contribution is 0.0950.